The van der Waals surface area contributed by atoms with Crippen molar-refractivity contribution in [3.05, 3.63) is 76.2 Å². The predicted molar refractivity (Wildman–Crippen MR) is 158 cm³/mol. The minimum atomic E-state index is -0.400. The first kappa shape index (κ1) is 28.4. The number of guanidine groups is 1. The van der Waals surface area contributed by atoms with Gasteiger partial charge in [0, 0.05) is 46.1 Å². The van der Waals surface area contributed by atoms with Crippen LogP contribution in [0.15, 0.2) is 53.7 Å². The van der Waals surface area contributed by atoms with Crippen molar-refractivity contribution in [3.63, 3.8) is 0 Å². The Hall–Kier alpha value is -4.57. The predicted octanol–water partition coefficient (Wildman–Crippen LogP) is 5.09. The second-order valence-electron chi connectivity index (χ2n) is 8.86. The molecule has 0 aliphatic carbocycles. The van der Waals surface area contributed by atoms with E-state index in [1.54, 1.807) is 18.2 Å². The number of ether oxygens (including phenoxy) is 3. The van der Waals surface area contributed by atoms with Crippen LogP contribution < -0.4 is 24.8 Å². The van der Waals surface area contributed by atoms with Crippen LogP contribution in [0.25, 0.3) is 17.0 Å². The van der Waals surface area contributed by atoms with Gasteiger partial charge in [0.25, 0.3) is 5.91 Å². The molecule has 0 unspecified atom stereocenters. The summed E-state index contributed by atoms with van der Waals surface area (Å²) in [7, 11) is 4.60. The number of aryl methyl sites for hydroxylation is 2. The van der Waals surface area contributed by atoms with E-state index in [1.165, 1.54) is 27.4 Å². The molecule has 4 rings (SSSR count). The van der Waals surface area contributed by atoms with Gasteiger partial charge in [-0.2, -0.15) is 0 Å². The van der Waals surface area contributed by atoms with Crippen molar-refractivity contribution in [2.75, 3.05) is 33.2 Å². The fraction of sp³-hybridized carbons (Fsp3) is 0.241. The molecule has 0 saturated carbocycles. The lowest BCUT2D eigenvalue weighted by atomic mass is 10.1. The molecular weight excluding hydrogens is 532 g/mol. The lowest BCUT2D eigenvalue weighted by Crippen LogP contribution is -2.35. The molecule has 0 aliphatic rings. The highest BCUT2D eigenvalue weighted by molar-refractivity contribution is 6.31. The summed E-state index contributed by atoms with van der Waals surface area (Å²) in [6.07, 6.45) is 5.59. The topological polar surface area (TPSA) is 123 Å². The van der Waals surface area contributed by atoms with Gasteiger partial charge in [0.15, 0.2) is 11.5 Å². The molecule has 40 heavy (non-hydrogen) atoms. The molecule has 208 valence electrons. The fourth-order valence-electron chi connectivity index (χ4n) is 4.17. The standard InChI is InChI=1S/C29H31ClN6O4/c1-17-12-18(2)34-29(33-17)36-28(31-11-10-20-16-32-23-8-7-21(30)15-22(20)23)35-26(37)9-6-19-13-24(38-3)27(40-5)25(14-19)39-4/h6-9,12-16,32H,10-11H2,1-5H3,(H2,31,33,34,35,36,37)/b9-6+. The van der Waals surface area contributed by atoms with Gasteiger partial charge in [-0.1, -0.05) is 11.6 Å². The van der Waals surface area contributed by atoms with Gasteiger partial charge >= 0.3 is 0 Å². The Bertz CT molecular complexity index is 1540. The van der Waals surface area contributed by atoms with E-state index in [9.17, 15) is 4.79 Å². The van der Waals surface area contributed by atoms with Gasteiger partial charge in [-0.3, -0.25) is 20.4 Å². The number of carbonyl (C=O) groups excluding carboxylic acids is 1. The van der Waals surface area contributed by atoms with Gasteiger partial charge in [0.1, 0.15) is 0 Å². The molecule has 0 radical (unpaired) electrons. The molecule has 0 spiro atoms. The molecule has 0 fully saturated rings. The summed E-state index contributed by atoms with van der Waals surface area (Å²) in [6.45, 7) is 4.14. The number of methoxy groups -OCH3 is 3. The van der Waals surface area contributed by atoms with E-state index in [1.807, 2.05) is 44.3 Å². The van der Waals surface area contributed by atoms with Crippen LogP contribution in [0.4, 0.5) is 5.95 Å². The normalized spacial score (nSPS) is 11.6. The van der Waals surface area contributed by atoms with E-state index in [0.29, 0.717) is 46.7 Å². The van der Waals surface area contributed by atoms with Crippen LogP contribution in [-0.4, -0.2) is 54.7 Å². The lowest BCUT2D eigenvalue weighted by molar-refractivity contribution is -0.115. The summed E-state index contributed by atoms with van der Waals surface area (Å²) in [5.74, 6) is 1.60. The number of H-pyrrole nitrogens is 1. The highest BCUT2D eigenvalue weighted by atomic mass is 35.5. The molecule has 0 bridgehead atoms. The number of aliphatic imine (C=N–C) groups is 1. The average molecular weight is 563 g/mol. The third-order valence-electron chi connectivity index (χ3n) is 5.95. The van der Waals surface area contributed by atoms with Gasteiger partial charge in [-0.25, -0.2) is 9.97 Å². The van der Waals surface area contributed by atoms with E-state index in [2.05, 4.69) is 30.6 Å². The molecule has 2 aromatic heterocycles. The molecule has 11 heteroatoms. The van der Waals surface area contributed by atoms with Crippen molar-refractivity contribution in [1.29, 1.82) is 0 Å². The molecule has 0 saturated heterocycles. The Morgan fingerprint density at radius 3 is 2.38 bits per heavy atom. The molecule has 4 aromatic rings. The van der Waals surface area contributed by atoms with Crippen molar-refractivity contribution in [1.82, 2.24) is 20.3 Å². The van der Waals surface area contributed by atoms with Crippen LogP contribution in [0.5, 0.6) is 17.2 Å². The lowest BCUT2D eigenvalue weighted by Gasteiger charge is -2.13. The number of hydrogen-bond donors (Lipinski definition) is 3. The Kier molecular flexibility index (Phi) is 9.23. The second kappa shape index (κ2) is 13.0. The maximum Gasteiger partial charge on any atom is 0.250 e. The highest BCUT2D eigenvalue weighted by Crippen LogP contribution is 2.38. The maximum atomic E-state index is 12.9. The van der Waals surface area contributed by atoms with E-state index >= 15 is 0 Å². The quantitative estimate of drug-likeness (QED) is 0.147. The zero-order valence-electron chi connectivity index (χ0n) is 23.0. The number of halogens is 1. The SMILES string of the molecule is COc1cc(/C=C/C(=O)NC(=NCCc2c[nH]c3ccc(Cl)cc23)Nc2nc(C)cc(C)n2)cc(OC)c1OC. The summed E-state index contributed by atoms with van der Waals surface area (Å²) >= 11 is 6.19. The summed E-state index contributed by atoms with van der Waals surface area (Å²) in [5.41, 5.74) is 4.33. The molecule has 1 amide bonds. The first-order valence-corrected chi connectivity index (χ1v) is 12.9. The number of carbonyl (C=O) groups is 1. The summed E-state index contributed by atoms with van der Waals surface area (Å²) in [6, 6.07) is 11.1. The first-order chi connectivity index (χ1) is 19.3. The Balaban J connectivity index is 1.53. The number of amides is 1. The number of aromatic amines is 1. The fourth-order valence-corrected chi connectivity index (χ4v) is 4.34. The van der Waals surface area contributed by atoms with Crippen molar-refractivity contribution in [2.45, 2.75) is 20.3 Å². The van der Waals surface area contributed by atoms with Crippen LogP contribution in [0, 0.1) is 13.8 Å². The summed E-state index contributed by atoms with van der Waals surface area (Å²) in [5, 5.41) is 7.54. The third-order valence-corrected chi connectivity index (χ3v) is 6.18. The van der Waals surface area contributed by atoms with Crippen molar-refractivity contribution in [3.8, 4) is 17.2 Å². The van der Waals surface area contributed by atoms with Gasteiger partial charge < -0.3 is 19.2 Å². The Morgan fingerprint density at radius 2 is 1.73 bits per heavy atom. The highest BCUT2D eigenvalue weighted by Gasteiger charge is 2.13. The number of nitrogens with one attached hydrogen (secondary N) is 3. The average Bonchev–Trinajstić information content (AvgIpc) is 3.32. The van der Waals surface area contributed by atoms with Gasteiger partial charge in [0.2, 0.25) is 17.7 Å². The number of aromatic nitrogens is 3. The summed E-state index contributed by atoms with van der Waals surface area (Å²) in [4.78, 5) is 29.6. The zero-order chi connectivity index (χ0) is 28.6. The number of rotatable bonds is 9. The van der Waals surface area contributed by atoms with Crippen molar-refractivity contribution < 1.29 is 19.0 Å². The minimum Gasteiger partial charge on any atom is -0.493 e. The number of anilines is 1. The Labute approximate surface area is 237 Å². The van der Waals surface area contributed by atoms with Crippen LogP contribution >= 0.6 is 11.6 Å². The zero-order valence-corrected chi connectivity index (χ0v) is 23.7. The van der Waals surface area contributed by atoms with Crippen LogP contribution in [0.2, 0.25) is 5.02 Å². The summed E-state index contributed by atoms with van der Waals surface area (Å²) < 4.78 is 16.1. The maximum absolute atomic E-state index is 12.9. The minimum absolute atomic E-state index is 0.224. The largest absolute Gasteiger partial charge is 0.493 e. The van der Waals surface area contributed by atoms with E-state index < -0.39 is 5.91 Å². The van der Waals surface area contributed by atoms with Gasteiger partial charge in [0.05, 0.1) is 21.3 Å². The number of fused-ring (bicyclic) bond motifs is 1. The molecular formula is C29H31ClN6O4. The first-order valence-electron chi connectivity index (χ1n) is 12.5. The molecule has 10 nitrogen and oxygen atoms in total. The smallest absolute Gasteiger partial charge is 0.250 e. The molecule has 2 heterocycles. The number of hydrogen-bond acceptors (Lipinski definition) is 7. The number of nitrogens with zero attached hydrogens (tertiary/aromatic N) is 3. The van der Waals surface area contributed by atoms with Crippen molar-refractivity contribution >= 4 is 46.4 Å². The molecule has 3 N–H and O–H groups in total. The number of benzene rings is 2. The van der Waals surface area contributed by atoms with E-state index in [4.69, 9.17) is 25.8 Å². The van der Waals surface area contributed by atoms with Crippen LogP contribution in [0.3, 0.4) is 0 Å². The van der Waals surface area contributed by atoms with Crippen LogP contribution in [-0.2, 0) is 11.2 Å². The third kappa shape index (κ3) is 7.09. The molecule has 0 atom stereocenters. The van der Waals surface area contributed by atoms with E-state index in [0.717, 1.165) is 27.9 Å². The molecule has 2 aromatic carbocycles. The molecule has 0 aliphatic heterocycles. The van der Waals surface area contributed by atoms with Gasteiger partial charge in [-0.05, 0) is 73.9 Å². The second-order valence-corrected chi connectivity index (χ2v) is 9.30. The van der Waals surface area contributed by atoms with E-state index in [-0.39, 0.29) is 5.96 Å². The van der Waals surface area contributed by atoms with Crippen molar-refractivity contribution in [2.24, 2.45) is 4.99 Å². The van der Waals surface area contributed by atoms with Crippen LogP contribution in [0.1, 0.15) is 22.5 Å². The van der Waals surface area contributed by atoms with Gasteiger partial charge in [-0.15, -0.1) is 0 Å². The monoisotopic (exact) mass is 562 g/mol. The Morgan fingerprint density at radius 1 is 1.02 bits per heavy atom.